The van der Waals surface area contributed by atoms with Crippen molar-refractivity contribution < 1.29 is 28.7 Å². The maximum atomic E-state index is 12.6. The Bertz CT molecular complexity index is 965. The smallest absolute Gasteiger partial charge is 0.367 e. The minimum atomic E-state index is -0.993. The quantitative estimate of drug-likeness (QED) is 0.286. The number of hydrogen-bond acceptors (Lipinski definition) is 9. The molecule has 0 unspecified atom stereocenters. The minimum Gasteiger partial charge on any atom is -0.461 e. The Balaban J connectivity index is 1.44. The van der Waals surface area contributed by atoms with Crippen LogP contribution in [-0.2, 0) is 19.1 Å². The van der Waals surface area contributed by atoms with Gasteiger partial charge in [0, 0.05) is 17.1 Å². The van der Waals surface area contributed by atoms with Gasteiger partial charge in [-0.05, 0) is 39.5 Å². The van der Waals surface area contributed by atoms with Gasteiger partial charge in [0.15, 0.2) is 5.78 Å². The zero-order valence-corrected chi connectivity index (χ0v) is 18.9. The number of hydrogen-bond donors (Lipinski definition) is 2. The second kappa shape index (κ2) is 10.1. The summed E-state index contributed by atoms with van der Waals surface area (Å²) in [6.45, 7) is 3.50. The summed E-state index contributed by atoms with van der Waals surface area (Å²) in [5.41, 5.74) is -0.116. The molecule has 1 fully saturated rings. The molecule has 2 amide bonds. The van der Waals surface area contributed by atoms with Crippen LogP contribution in [0.1, 0.15) is 72.7 Å². The molecular formula is C21H26N4O6S. The van der Waals surface area contributed by atoms with Gasteiger partial charge >= 0.3 is 5.97 Å². The largest absolute Gasteiger partial charge is 0.461 e. The van der Waals surface area contributed by atoms with Crippen LogP contribution in [0.15, 0.2) is 10.4 Å². The van der Waals surface area contributed by atoms with E-state index in [1.807, 2.05) is 6.92 Å². The van der Waals surface area contributed by atoms with Crippen molar-refractivity contribution in [2.75, 3.05) is 13.2 Å². The predicted molar refractivity (Wildman–Crippen MR) is 116 cm³/mol. The minimum absolute atomic E-state index is 0.0414. The summed E-state index contributed by atoms with van der Waals surface area (Å²) in [4.78, 5) is 69.1. The van der Waals surface area contributed by atoms with E-state index in [9.17, 15) is 24.0 Å². The van der Waals surface area contributed by atoms with Crippen LogP contribution in [0, 0.1) is 0 Å². The number of carbonyl (C=O) groups is 5. The molecule has 1 aliphatic heterocycles. The Morgan fingerprint density at radius 3 is 2.59 bits per heavy atom. The van der Waals surface area contributed by atoms with Gasteiger partial charge in [-0.25, -0.2) is 9.78 Å². The number of carbonyl (C=O) groups excluding carboxylic acids is 5. The van der Waals surface area contributed by atoms with E-state index in [1.54, 1.807) is 6.92 Å². The van der Waals surface area contributed by atoms with Gasteiger partial charge in [0.05, 0.1) is 31.5 Å². The van der Waals surface area contributed by atoms with Gasteiger partial charge < -0.3 is 15.4 Å². The van der Waals surface area contributed by atoms with Crippen LogP contribution in [0.3, 0.4) is 0 Å². The molecule has 1 aliphatic carbocycles. The fraction of sp³-hybridized carbons (Fsp3) is 0.571. The molecule has 2 aliphatic rings. The Morgan fingerprint density at radius 1 is 1.22 bits per heavy atom. The number of ketones is 2. The zero-order chi connectivity index (χ0) is 23.3. The standard InChI is InChI=1S/C21H26N4O6S/c1-3-31-20(30)19-24-14(11-32-19)15(26)10-22-17(28)9-16(27)21(6-7-21)25-18(29)8-13-5-4-12(2)23-13/h11-12H,3-10H2,1-2H3,(H,22,28)(H,25,29)/t12-/m0/s1. The number of nitrogens with one attached hydrogen (secondary N) is 2. The van der Waals surface area contributed by atoms with Crippen LogP contribution in [-0.4, -0.2) is 64.8 Å². The maximum Gasteiger partial charge on any atom is 0.367 e. The molecule has 3 rings (SSSR count). The van der Waals surface area contributed by atoms with Gasteiger partial charge in [-0.2, -0.15) is 0 Å². The molecule has 2 heterocycles. The van der Waals surface area contributed by atoms with Crippen molar-refractivity contribution in [2.24, 2.45) is 4.99 Å². The Labute approximate surface area is 189 Å². The maximum absolute atomic E-state index is 12.6. The highest BCUT2D eigenvalue weighted by molar-refractivity contribution is 7.11. The summed E-state index contributed by atoms with van der Waals surface area (Å²) in [6.07, 6.45) is 2.42. The van der Waals surface area contributed by atoms with E-state index in [0.717, 1.165) is 29.9 Å². The first-order chi connectivity index (χ1) is 15.2. The van der Waals surface area contributed by atoms with Crippen LogP contribution < -0.4 is 10.6 Å². The number of nitrogens with zero attached hydrogens (tertiary/aromatic N) is 2. The summed E-state index contributed by atoms with van der Waals surface area (Å²) in [5, 5.41) is 6.63. The highest BCUT2D eigenvalue weighted by Gasteiger charge is 2.50. The number of rotatable bonds is 11. The topological polar surface area (TPSA) is 144 Å². The Hall–Kier alpha value is -2.95. The number of thiazole rings is 1. The number of aliphatic imine (C=N–C) groups is 1. The lowest BCUT2D eigenvalue weighted by Crippen LogP contribution is -2.45. The fourth-order valence-corrected chi connectivity index (χ4v) is 4.09. The highest BCUT2D eigenvalue weighted by atomic mass is 32.1. The number of aromatic nitrogens is 1. The summed E-state index contributed by atoms with van der Waals surface area (Å²) in [7, 11) is 0. The van der Waals surface area contributed by atoms with Crippen molar-refractivity contribution in [1.82, 2.24) is 15.6 Å². The molecule has 2 N–H and O–H groups in total. The van der Waals surface area contributed by atoms with Crippen molar-refractivity contribution in [3.8, 4) is 0 Å². The van der Waals surface area contributed by atoms with Crippen LogP contribution in [0.5, 0.6) is 0 Å². The number of Topliss-reactive ketones (excluding diaryl/α,β-unsaturated/α-hetero) is 2. The normalized spacial score (nSPS) is 18.4. The first-order valence-corrected chi connectivity index (χ1v) is 11.4. The third-order valence-corrected chi connectivity index (χ3v) is 6.11. The Kier molecular flexibility index (Phi) is 7.49. The fourth-order valence-electron chi connectivity index (χ4n) is 3.38. The molecule has 1 aromatic heterocycles. The molecule has 0 radical (unpaired) electrons. The Morgan fingerprint density at radius 2 is 1.97 bits per heavy atom. The average molecular weight is 463 g/mol. The number of amides is 2. The molecule has 0 bridgehead atoms. The molecule has 0 aromatic carbocycles. The van der Waals surface area contributed by atoms with Crippen LogP contribution >= 0.6 is 11.3 Å². The van der Waals surface area contributed by atoms with E-state index >= 15 is 0 Å². The molecule has 172 valence electrons. The van der Waals surface area contributed by atoms with Crippen molar-refractivity contribution >= 4 is 46.4 Å². The van der Waals surface area contributed by atoms with Gasteiger partial charge in [-0.15, -0.1) is 11.3 Å². The van der Waals surface area contributed by atoms with Crippen molar-refractivity contribution in [1.29, 1.82) is 0 Å². The molecule has 11 heteroatoms. The van der Waals surface area contributed by atoms with Crippen molar-refractivity contribution in [2.45, 2.75) is 64.0 Å². The lowest BCUT2D eigenvalue weighted by molar-refractivity contribution is -0.132. The van der Waals surface area contributed by atoms with E-state index in [0.29, 0.717) is 12.8 Å². The second-order valence-corrected chi connectivity index (χ2v) is 8.81. The van der Waals surface area contributed by atoms with E-state index in [2.05, 4.69) is 20.6 Å². The number of ether oxygens (including phenoxy) is 1. The first kappa shape index (κ1) is 23.7. The van der Waals surface area contributed by atoms with Crippen LogP contribution in [0.2, 0.25) is 0 Å². The summed E-state index contributed by atoms with van der Waals surface area (Å²) in [6, 6.07) is 0.224. The van der Waals surface area contributed by atoms with Gasteiger partial charge in [0.1, 0.15) is 5.69 Å². The lowest BCUT2D eigenvalue weighted by atomic mass is 10.1. The van der Waals surface area contributed by atoms with Gasteiger partial charge in [0.25, 0.3) is 0 Å². The van der Waals surface area contributed by atoms with Crippen LogP contribution in [0.4, 0.5) is 0 Å². The molecule has 1 aromatic rings. The van der Waals surface area contributed by atoms with Crippen molar-refractivity contribution in [3.05, 3.63) is 16.1 Å². The monoisotopic (exact) mass is 462 g/mol. The highest BCUT2D eigenvalue weighted by Crippen LogP contribution is 2.37. The predicted octanol–water partition coefficient (Wildman–Crippen LogP) is 1.24. The molecule has 10 nitrogen and oxygen atoms in total. The van der Waals surface area contributed by atoms with E-state index in [4.69, 9.17) is 4.74 Å². The molecule has 1 saturated carbocycles. The summed E-state index contributed by atoms with van der Waals surface area (Å²) in [5.74, 6) is -2.36. The summed E-state index contributed by atoms with van der Waals surface area (Å²) >= 11 is 0.977. The molecule has 0 saturated heterocycles. The van der Waals surface area contributed by atoms with Gasteiger partial charge in [-0.3, -0.25) is 24.2 Å². The summed E-state index contributed by atoms with van der Waals surface area (Å²) < 4.78 is 4.82. The molecule has 1 atom stereocenters. The SMILES string of the molecule is CCOC(=O)c1nc(C(=O)CNC(=O)CC(=O)C2(NC(=O)CC3=N[C@@H](C)CC3)CC2)cs1. The van der Waals surface area contributed by atoms with E-state index in [1.165, 1.54) is 5.38 Å². The van der Waals surface area contributed by atoms with E-state index in [-0.39, 0.29) is 48.0 Å². The molecular weight excluding hydrogens is 436 g/mol. The first-order valence-electron chi connectivity index (χ1n) is 10.5. The lowest BCUT2D eigenvalue weighted by Gasteiger charge is -2.16. The number of esters is 1. The molecule has 32 heavy (non-hydrogen) atoms. The van der Waals surface area contributed by atoms with Gasteiger partial charge in [0.2, 0.25) is 22.6 Å². The van der Waals surface area contributed by atoms with Crippen molar-refractivity contribution in [3.63, 3.8) is 0 Å². The van der Waals surface area contributed by atoms with Gasteiger partial charge in [-0.1, -0.05) is 0 Å². The zero-order valence-electron chi connectivity index (χ0n) is 18.1. The van der Waals surface area contributed by atoms with Crippen LogP contribution in [0.25, 0.3) is 0 Å². The molecule has 0 spiro atoms. The third kappa shape index (κ3) is 6.06. The third-order valence-electron chi connectivity index (χ3n) is 5.29. The average Bonchev–Trinajstić information content (AvgIpc) is 3.15. The second-order valence-electron chi connectivity index (χ2n) is 7.95. The van der Waals surface area contributed by atoms with E-state index < -0.39 is 29.6 Å².